The highest BCUT2D eigenvalue weighted by Crippen LogP contribution is 2.32. The van der Waals surface area contributed by atoms with E-state index < -0.39 is 18.3 Å². The first-order valence-electron chi connectivity index (χ1n) is 4.85. The van der Waals surface area contributed by atoms with Crippen molar-refractivity contribution in [1.82, 2.24) is 9.71 Å². The first-order chi connectivity index (χ1) is 8.33. The Morgan fingerprint density at radius 3 is 2.67 bits per heavy atom. The Kier molecular flexibility index (Phi) is 2.80. The normalized spacial score (nSPS) is 12.3. The van der Waals surface area contributed by atoms with Crippen LogP contribution in [0.3, 0.4) is 0 Å². The van der Waals surface area contributed by atoms with Crippen LogP contribution in [0.15, 0.2) is 18.2 Å². The first-order valence-corrected chi connectivity index (χ1v) is 4.85. The molecule has 8 heteroatoms. The smallest absolute Gasteiger partial charge is 0.427 e. The minimum Gasteiger partial charge on any atom is -0.427 e. The SMILES string of the molecule is Cc1nc2c(OC(F)(F)C(F)F)cccc2n1O. The van der Waals surface area contributed by atoms with Gasteiger partial charge in [-0.1, -0.05) is 6.07 Å². The Bertz CT molecular complexity index is 583. The van der Waals surface area contributed by atoms with Crippen molar-refractivity contribution < 1.29 is 27.5 Å². The van der Waals surface area contributed by atoms with Crippen molar-refractivity contribution >= 4 is 11.0 Å². The van der Waals surface area contributed by atoms with Crippen LogP contribution < -0.4 is 4.74 Å². The summed E-state index contributed by atoms with van der Waals surface area (Å²) in [6, 6.07) is 3.75. The lowest BCUT2D eigenvalue weighted by atomic mass is 10.3. The van der Waals surface area contributed by atoms with Gasteiger partial charge in [-0.3, -0.25) is 0 Å². The highest BCUT2D eigenvalue weighted by Gasteiger charge is 2.44. The van der Waals surface area contributed by atoms with Crippen LogP contribution in [0.1, 0.15) is 5.82 Å². The maximum absolute atomic E-state index is 12.8. The molecule has 0 amide bonds. The van der Waals surface area contributed by atoms with Gasteiger partial charge in [0.1, 0.15) is 16.9 Å². The molecule has 2 aromatic rings. The second kappa shape index (κ2) is 4.04. The van der Waals surface area contributed by atoms with E-state index in [1.807, 2.05) is 0 Å². The molecule has 0 saturated carbocycles. The molecule has 0 unspecified atom stereocenters. The molecule has 0 atom stereocenters. The molecule has 0 aliphatic carbocycles. The highest BCUT2D eigenvalue weighted by molar-refractivity contribution is 5.82. The number of ether oxygens (including phenoxy) is 1. The Labute approximate surface area is 98.4 Å². The number of fused-ring (bicyclic) bond motifs is 1. The van der Waals surface area contributed by atoms with E-state index >= 15 is 0 Å². The molecule has 1 heterocycles. The number of aryl methyl sites for hydroxylation is 1. The summed E-state index contributed by atoms with van der Waals surface area (Å²) in [5.74, 6) is -0.393. The number of aromatic nitrogens is 2. The Balaban J connectivity index is 2.49. The van der Waals surface area contributed by atoms with E-state index in [2.05, 4.69) is 9.72 Å². The van der Waals surface area contributed by atoms with Crippen molar-refractivity contribution in [3.05, 3.63) is 24.0 Å². The van der Waals surface area contributed by atoms with Crippen molar-refractivity contribution in [2.75, 3.05) is 0 Å². The summed E-state index contributed by atoms with van der Waals surface area (Å²) in [5.41, 5.74) is -0.0205. The molecule has 0 spiro atoms. The topological polar surface area (TPSA) is 47.3 Å². The molecule has 1 aromatic heterocycles. The van der Waals surface area contributed by atoms with E-state index in [1.54, 1.807) is 0 Å². The molecule has 0 fully saturated rings. The van der Waals surface area contributed by atoms with Gasteiger partial charge in [0, 0.05) is 0 Å². The van der Waals surface area contributed by atoms with E-state index in [0.29, 0.717) is 4.73 Å². The molecule has 0 aliphatic heterocycles. The van der Waals surface area contributed by atoms with E-state index in [0.717, 1.165) is 6.07 Å². The Morgan fingerprint density at radius 1 is 1.39 bits per heavy atom. The van der Waals surface area contributed by atoms with Gasteiger partial charge >= 0.3 is 12.5 Å². The predicted octanol–water partition coefficient (Wildman–Crippen LogP) is 2.82. The number of rotatable bonds is 3. The molecule has 18 heavy (non-hydrogen) atoms. The fourth-order valence-electron chi connectivity index (χ4n) is 1.45. The van der Waals surface area contributed by atoms with Crippen LogP contribution in [0.4, 0.5) is 17.6 Å². The monoisotopic (exact) mass is 264 g/mol. The molecule has 0 saturated heterocycles. The molecule has 0 bridgehead atoms. The maximum Gasteiger partial charge on any atom is 0.461 e. The molecule has 98 valence electrons. The fourth-order valence-corrected chi connectivity index (χ4v) is 1.45. The van der Waals surface area contributed by atoms with Crippen LogP contribution in [0.2, 0.25) is 0 Å². The average molecular weight is 264 g/mol. The third-order valence-corrected chi connectivity index (χ3v) is 2.29. The van der Waals surface area contributed by atoms with Gasteiger partial charge in [-0.25, -0.2) is 4.98 Å². The summed E-state index contributed by atoms with van der Waals surface area (Å²) in [5, 5.41) is 9.49. The minimum absolute atomic E-state index is 0.0927. The number of para-hydroxylation sites is 1. The third kappa shape index (κ3) is 1.93. The van der Waals surface area contributed by atoms with Crippen LogP contribution in [0.25, 0.3) is 11.0 Å². The number of hydrogen-bond donors (Lipinski definition) is 1. The van der Waals surface area contributed by atoms with Crippen LogP contribution in [-0.4, -0.2) is 27.5 Å². The number of alkyl halides is 4. The number of halogens is 4. The van der Waals surface area contributed by atoms with Crippen molar-refractivity contribution in [3.63, 3.8) is 0 Å². The van der Waals surface area contributed by atoms with Gasteiger partial charge in [0.05, 0.1) is 0 Å². The van der Waals surface area contributed by atoms with Gasteiger partial charge in [-0.05, 0) is 19.1 Å². The fraction of sp³-hybridized carbons (Fsp3) is 0.300. The number of hydrogen-bond acceptors (Lipinski definition) is 3. The van der Waals surface area contributed by atoms with Crippen molar-refractivity contribution in [2.24, 2.45) is 0 Å². The standard InChI is InChI=1S/C10H8F4N2O2/c1-5-15-8-6(16(5)17)3-2-4-7(8)18-10(13,14)9(11)12/h2-4,9,17H,1H3. The lowest BCUT2D eigenvalue weighted by Crippen LogP contribution is -2.33. The highest BCUT2D eigenvalue weighted by atomic mass is 19.3. The lowest BCUT2D eigenvalue weighted by Gasteiger charge is -2.16. The molecule has 4 nitrogen and oxygen atoms in total. The molecule has 1 aromatic carbocycles. The summed E-state index contributed by atoms with van der Waals surface area (Å²) in [7, 11) is 0. The number of nitrogens with zero attached hydrogens (tertiary/aromatic N) is 2. The summed E-state index contributed by atoms with van der Waals surface area (Å²) < 4.78 is 54.3. The average Bonchev–Trinajstić information content (AvgIpc) is 2.57. The van der Waals surface area contributed by atoms with E-state index in [1.165, 1.54) is 19.1 Å². The molecule has 2 rings (SSSR count). The zero-order valence-corrected chi connectivity index (χ0v) is 9.07. The minimum atomic E-state index is -4.61. The zero-order chi connectivity index (χ0) is 13.5. The lowest BCUT2D eigenvalue weighted by molar-refractivity contribution is -0.252. The summed E-state index contributed by atoms with van der Waals surface area (Å²) in [4.78, 5) is 3.77. The first kappa shape index (κ1) is 12.5. The van der Waals surface area contributed by atoms with Crippen LogP contribution in [-0.2, 0) is 0 Å². The van der Waals surface area contributed by atoms with Gasteiger partial charge in [-0.15, -0.1) is 0 Å². The zero-order valence-electron chi connectivity index (χ0n) is 9.07. The predicted molar refractivity (Wildman–Crippen MR) is 53.2 cm³/mol. The van der Waals surface area contributed by atoms with Crippen molar-refractivity contribution in [2.45, 2.75) is 19.5 Å². The number of imidazole rings is 1. The largest absolute Gasteiger partial charge is 0.461 e. The van der Waals surface area contributed by atoms with Gasteiger partial charge in [0.25, 0.3) is 0 Å². The van der Waals surface area contributed by atoms with Gasteiger partial charge in [0.15, 0.2) is 5.75 Å². The summed E-state index contributed by atoms with van der Waals surface area (Å²) in [6.07, 6.45) is -8.56. The summed E-state index contributed by atoms with van der Waals surface area (Å²) in [6.45, 7) is 1.43. The quantitative estimate of drug-likeness (QED) is 0.685. The van der Waals surface area contributed by atoms with Gasteiger partial charge in [-0.2, -0.15) is 22.3 Å². The molecule has 1 N–H and O–H groups in total. The second-order valence-electron chi connectivity index (χ2n) is 3.56. The van der Waals surface area contributed by atoms with Crippen molar-refractivity contribution in [3.8, 4) is 5.75 Å². The Hall–Kier alpha value is -1.99. The number of benzene rings is 1. The Morgan fingerprint density at radius 2 is 2.06 bits per heavy atom. The van der Waals surface area contributed by atoms with Crippen LogP contribution in [0, 0.1) is 6.92 Å². The third-order valence-electron chi connectivity index (χ3n) is 2.29. The second-order valence-corrected chi connectivity index (χ2v) is 3.56. The van der Waals surface area contributed by atoms with E-state index in [4.69, 9.17) is 0 Å². The van der Waals surface area contributed by atoms with Gasteiger partial charge in [0.2, 0.25) is 0 Å². The molecule has 0 radical (unpaired) electrons. The molecular formula is C10H8F4N2O2. The maximum atomic E-state index is 12.8. The van der Waals surface area contributed by atoms with Crippen LogP contribution in [0.5, 0.6) is 5.75 Å². The van der Waals surface area contributed by atoms with E-state index in [9.17, 15) is 22.8 Å². The molecule has 0 aliphatic rings. The summed E-state index contributed by atoms with van der Waals surface area (Å²) >= 11 is 0. The van der Waals surface area contributed by atoms with Gasteiger partial charge < -0.3 is 9.94 Å². The van der Waals surface area contributed by atoms with Crippen molar-refractivity contribution in [1.29, 1.82) is 0 Å². The molecular weight excluding hydrogens is 256 g/mol. The van der Waals surface area contributed by atoms with Crippen LogP contribution >= 0.6 is 0 Å². The van der Waals surface area contributed by atoms with E-state index in [-0.39, 0.29) is 16.9 Å².